The topological polar surface area (TPSA) is 136 Å². The van der Waals surface area contributed by atoms with Crippen molar-refractivity contribution < 1.29 is 22.7 Å². The molecule has 0 radical (unpaired) electrons. The van der Waals surface area contributed by atoms with E-state index in [1.54, 1.807) is 24.3 Å². The summed E-state index contributed by atoms with van der Waals surface area (Å²) >= 11 is 0. The number of nitrogens with two attached hydrogens (primary N) is 2. The second-order valence-electron chi connectivity index (χ2n) is 10.9. The number of primary amides is 2. The van der Waals surface area contributed by atoms with Crippen LogP contribution < -0.4 is 20.5 Å². The van der Waals surface area contributed by atoms with Gasteiger partial charge in [-0.25, -0.2) is 8.42 Å². The molecule has 1 aliphatic heterocycles. The minimum absolute atomic E-state index is 0.0218. The van der Waals surface area contributed by atoms with Crippen LogP contribution in [0.15, 0.2) is 48.5 Å². The first-order valence-corrected chi connectivity index (χ1v) is 15.6. The van der Waals surface area contributed by atoms with Gasteiger partial charge in [0.15, 0.2) is 0 Å². The Kier molecular flexibility index (Phi) is 9.50. The lowest BCUT2D eigenvalue weighted by Gasteiger charge is -2.33. The molecule has 9 nitrogen and oxygen atoms in total. The number of hydrogen-bond acceptors (Lipinski definition) is 6. The Morgan fingerprint density at radius 2 is 1.49 bits per heavy atom. The Bertz CT molecular complexity index is 1220. The van der Waals surface area contributed by atoms with Crippen molar-refractivity contribution in [2.45, 2.75) is 64.0 Å². The standard InChI is InChI=1S/C29H40N4O5S/c1-39(36,37)33(27(29(31)35)19-21-5-3-2-4-6-21)24-9-13-26(14-10-24)38-25-11-7-22(8-12-25)20-32-17-15-23(16-18-32)28(30)34/h7-14,21,23,27H,2-6,15-20H2,1H3,(H2,30,34)(H2,31,35)/t27-/m0/s1. The van der Waals surface area contributed by atoms with Crippen LogP contribution in [0.1, 0.15) is 56.9 Å². The van der Waals surface area contributed by atoms with E-state index in [9.17, 15) is 18.0 Å². The fourth-order valence-corrected chi connectivity index (χ4v) is 6.92. The average molecular weight is 557 g/mol. The lowest BCUT2D eigenvalue weighted by molar-refractivity contribution is -0.123. The molecule has 1 saturated heterocycles. The van der Waals surface area contributed by atoms with Gasteiger partial charge < -0.3 is 16.2 Å². The van der Waals surface area contributed by atoms with Crippen LogP contribution in [0.5, 0.6) is 11.5 Å². The van der Waals surface area contributed by atoms with Gasteiger partial charge in [0.05, 0.1) is 11.9 Å². The van der Waals surface area contributed by atoms with Crippen LogP contribution in [-0.2, 0) is 26.2 Å². The van der Waals surface area contributed by atoms with Crippen molar-refractivity contribution in [1.29, 1.82) is 0 Å². The molecule has 212 valence electrons. The van der Waals surface area contributed by atoms with Crippen LogP contribution >= 0.6 is 0 Å². The summed E-state index contributed by atoms with van der Waals surface area (Å²) in [6.07, 6.45) is 8.46. The van der Waals surface area contributed by atoms with E-state index < -0.39 is 22.0 Å². The van der Waals surface area contributed by atoms with Crippen molar-refractivity contribution in [1.82, 2.24) is 4.90 Å². The number of piperidine rings is 1. The van der Waals surface area contributed by atoms with Crippen molar-refractivity contribution in [3.05, 3.63) is 54.1 Å². The Morgan fingerprint density at radius 3 is 2.00 bits per heavy atom. The Balaban J connectivity index is 1.39. The number of anilines is 1. The largest absolute Gasteiger partial charge is 0.457 e. The maximum atomic E-state index is 12.8. The number of hydrogen-bond donors (Lipinski definition) is 2. The second-order valence-corrected chi connectivity index (χ2v) is 12.8. The SMILES string of the molecule is CS(=O)(=O)N(c1ccc(Oc2ccc(CN3CCC(C(N)=O)CC3)cc2)cc1)[C@@H](CC1CCCCC1)C(N)=O. The minimum atomic E-state index is -3.74. The van der Waals surface area contributed by atoms with E-state index >= 15 is 0 Å². The third-order valence-corrected chi connectivity index (χ3v) is 9.08. The predicted octanol–water partition coefficient (Wildman–Crippen LogP) is 3.77. The monoisotopic (exact) mass is 556 g/mol. The van der Waals surface area contributed by atoms with Crippen LogP contribution in [0, 0.1) is 11.8 Å². The maximum absolute atomic E-state index is 12.8. The van der Waals surface area contributed by atoms with Gasteiger partial charge in [0, 0.05) is 12.5 Å². The molecule has 2 aromatic rings. The summed E-state index contributed by atoms with van der Waals surface area (Å²) in [5, 5.41) is 0. The lowest BCUT2D eigenvalue weighted by atomic mass is 9.84. The highest BCUT2D eigenvalue weighted by atomic mass is 32.2. The zero-order valence-electron chi connectivity index (χ0n) is 22.6. The molecule has 4 rings (SSSR count). The number of nitrogens with zero attached hydrogens (tertiary/aromatic N) is 2. The summed E-state index contributed by atoms with van der Waals surface area (Å²) in [6, 6.07) is 13.6. The van der Waals surface area contributed by atoms with E-state index in [0.717, 1.165) is 74.3 Å². The fraction of sp³-hybridized carbons (Fsp3) is 0.517. The average Bonchev–Trinajstić information content (AvgIpc) is 2.90. The summed E-state index contributed by atoms with van der Waals surface area (Å²) in [7, 11) is -3.74. The molecule has 2 aliphatic rings. The van der Waals surface area contributed by atoms with Crippen molar-refractivity contribution in [2.24, 2.45) is 23.3 Å². The van der Waals surface area contributed by atoms with Gasteiger partial charge in [-0.2, -0.15) is 0 Å². The molecule has 4 N–H and O–H groups in total. The molecule has 1 aliphatic carbocycles. The number of amides is 2. The van der Waals surface area contributed by atoms with Crippen LogP contribution in [-0.4, -0.2) is 50.5 Å². The van der Waals surface area contributed by atoms with E-state index in [0.29, 0.717) is 23.6 Å². The molecular formula is C29H40N4O5S. The van der Waals surface area contributed by atoms with Crippen LogP contribution in [0.3, 0.4) is 0 Å². The van der Waals surface area contributed by atoms with E-state index in [4.69, 9.17) is 16.2 Å². The summed E-state index contributed by atoms with van der Waals surface area (Å²) in [6.45, 7) is 2.49. The number of likely N-dealkylation sites (tertiary alicyclic amines) is 1. The van der Waals surface area contributed by atoms with Gasteiger partial charge >= 0.3 is 0 Å². The number of sulfonamides is 1. The molecule has 0 unspecified atom stereocenters. The van der Waals surface area contributed by atoms with Gasteiger partial charge in [0.2, 0.25) is 21.8 Å². The van der Waals surface area contributed by atoms with Gasteiger partial charge in [-0.1, -0.05) is 44.2 Å². The van der Waals surface area contributed by atoms with Crippen molar-refractivity contribution >= 4 is 27.5 Å². The maximum Gasteiger partial charge on any atom is 0.241 e. The molecule has 0 aromatic heterocycles. The normalized spacial score (nSPS) is 18.4. The van der Waals surface area contributed by atoms with Crippen LogP contribution in [0.25, 0.3) is 0 Å². The number of benzene rings is 2. The van der Waals surface area contributed by atoms with E-state index in [1.807, 2.05) is 24.3 Å². The Morgan fingerprint density at radius 1 is 0.923 bits per heavy atom. The summed E-state index contributed by atoms with van der Waals surface area (Å²) < 4.78 is 32.7. The smallest absolute Gasteiger partial charge is 0.241 e. The first-order chi connectivity index (χ1) is 18.6. The highest BCUT2D eigenvalue weighted by Crippen LogP contribution is 2.33. The van der Waals surface area contributed by atoms with Gasteiger partial charge in [-0.05, 0) is 80.2 Å². The third-order valence-electron chi connectivity index (χ3n) is 7.90. The number of carbonyl (C=O) groups is 2. The highest BCUT2D eigenvalue weighted by molar-refractivity contribution is 7.92. The number of carbonyl (C=O) groups excluding carboxylic acids is 2. The summed E-state index contributed by atoms with van der Waals surface area (Å²) in [4.78, 5) is 26.1. The summed E-state index contributed by atoms with van der Waals surface area (Å²) in [5.41, 5.74) is 12.7. The fourth-order valence-electron chi connectivity index (χ4n) is 5.76. The first kappa shape index (κ1) is 28.9. The quantitative estimate of drug-likeness (QED) is 0.432. The van der Waals surface area contributed by atoms with E-state index in [-0.39, 0.29) is 17.7 Å². The van der Waals surface area contributed by atoms with Crippen LogP contribution in [0.4, 0.5) is 5.69 Å². The van der Waals surface area contributed by atoms with E-state index in [2.05, 4.69) is 4.90 Å². The summed E-state index contributed by atoms with van der Waals surface area (Å²) in [5.74, 6) is 0.631. The molecule has 1 atom stereocenters. The second kappa shape index (κ2) is 12.8. The van der Waals surface area contributed by atoms with E-state index in [1.165, 1.54) is 6.42 Å². The molecule has 1 saturated carbocycles. The molecular weight excluding hydrogens is 516 g/mol. The Labute approximate surface area is 231 Å². The molecule has 39 heavy (non-hydrogen) atoms. The molecule has 2 amide bonds. The Hall–Kier alpha value is -3.11. The zero-order valence-corrected chi connectivity index (χ0v) is 23.4. The van der Waals surface area contributed by atoms with Crippen molar-refractivity contribution in [3.8, 4) is 11.5 Å². The van der Waals surface area contributed by atoms with Crippen molar-refractivity contribution in [2.75, 3.05) is 23.7 Å². The number of rotatable bonds is 11. The molecule has 1 heterocycles. The predicted molar refractivity (Wildman–Crippen MR) is 152 cm³/mol. The van der Waals surface area contributed by atoms with Gasteiger partial charge in [0.25, 0.3) is 0 Å². The van der Waals surface area contributed by atoms with Crippen LogP contribution in [0.2, 0.25) is 0 Å². The van der Waals surface area contributed by atoms with Gasteiger partial charge in [-0.3, -0.25) is 18.8 Å². The molecule has 0 bridgehead atoms. The molecule has 10 heteroatoms. The lowest BCUT2D eigenvalue weighted by Crippen LogP contribution is -2.48. The first-order valence-electron chi connectivity index (χ1n) is 13.8. The number of ether oxygens (including phenoxy) is 1. The van der Waals surface area contributed by atoms with Crippen molar-refractivity contribution in [3.63, 3.8) is 0 Å². The third kappa shape index (κ3) is 7.95. The van der Waals surface area contributed by atoms with Gasteiger partial charge in [-0.15, -0.1) is 0 Å². The molecule has 0 spiro atoms. The molecule has 2 aromatic carbocycles. The van der Waals surface area contributed by atoms with Gasteiger partial charge in [0.1, 0.15) is 17.5 Å². The zero-order chi connectivity index (χ0) is 28.0. The minimum Gasteiger partial charge on any atom is -0.457 e. The molecule has 2 fully saturated rings. The highest BCUT2D eigenvalue weighted by Gasteiger charge is 2.34.